The van der Waals surface area contributed by atoms with Crippen molar-refractivity contribution < 1.29 is 19.8 Å². The topological polar surface area (TPSA) is 86.6 Å². The molecule has 0 aliphatic heterocycles. The lowest BCUT2D eigenvalue weighted by Gasteiger charge is -2.15. The van der Waals surface area contributed by atoms with E-state index in [0.29, 0.717) is 23.5 Å². The van der Waals surface area contributed by atoms with Gasteiger partial charge in [-0.05, 0) is 31.4 Å². The highest BCUT2D eigenvalue weighted by Crippen LogP contribution is 2.33. The van der Waals surface area contributed by atoms with Crippen LogP contribution >= 0.6 is 0 Å². The second kappa shape index (κ2) is 5.30. The number of benzene rings is 1. The van der Waals surface area contributed by atoms with E-state index in [0.717, 1.165) is 12.8 Å². The van der Waals surface area contributed by atoms with Crippen LogP contribution in [0.15, 0.2) is 18.2 Å². The smallest absolute Gasteiger partial charge is 0.326 e. The molecular weight excluding hydrogens is 246 g/mol. The molecule has 1 aromatic carbocycles. The van der Waals surface area contributed by atoms with Crippen molar-refractivity contribution in [2.75, 3.05) is 0 Å². The van der Waals surface area contributed by atoms with E-state index in [1.54, 1.807) is 19.1 Å². The first-order valence-corrected chi connectivity index (χ1v) is 6.31. The summed E-state index contributed by atoms with van der Waals surface area (Å²) in [5.74, 6) is -1.03. The second-order valence-electron chi connectivity index (χ2n) is 4.99. The highest BCUT2D eigenvalue weighted by Gasteiger charge is 2.30. The lowest BCUT2D eigenvalue weighted by molar-refractivity contribution is -0.139. The van der Waals surface area contributed by atoms with Crippen molar-refractivity contribution >= 4 is 11.9 Å². The molecule has 0 saturated heterocycles. The van der Waals surface area contributed by atoms with Crippen LogP contribution in [0.25, 0.3) is 0 Å². The first-order valence-electron chi connectivity index (χ1n) is 6.31. The standard InChI is InChI=1S/C14H17NO4/c1-8-10(3-2-4-12(8)16)13(17)15-11(14(18)19)7-9-5-6-9/h2-4,9,11,16H,5-7H2,1H3,(H,15,17)(H,18,19)/t11-/m0/s1. The summed E-state index contributed by atoms with van der Waals surface area (Å²) < 4.78 is 0. The van der Waals surface area contributed by atoms with Gasteiger partial charge in [-0.3, -0.25) is 4.79 Å². The Kier molecular flexibility index (Phi) is 3.74. The normalized spacial score (nSPS) is 15.8. The molecule has 5 nitrogen and oxygen atoms in total. The summed E-state index contributed by atoms with van der Waals surface area (Å²) in [6.07, 6.45) is 2.54. The van der Waals surface area contributed by atoms with Crippen LogP contribution < -0.4 is 5.32 Å². The van der Waals surface area contributed by atoms with Gasteiger partial charge in [0.25, 0.3) is 5.91 Å². The van der Waals surface area contributed by atoms with Gasteiger partial charge in [0.2, 0.25) is 0 Å². The Bertz CT molecular complexity index is 508. The molecule has 1 amide bonds. The number of aliphatic carboxylic acids is 1. The SMILES string of the molecule is Cc1c(O)cccc1C(=O)N[C@@H](CC1CC1)C(=O)O. The number of amides is 1. The molecule has 1 aromatic rings. The second-order valence-corrected chi connectivity index (χ2v) is 4.99. The number of aromatic hydroxyl groups is 1. The van der Waals surface area contributed by atoms with Crippen LogP contribution in [0.1, 0.15) is 35.2 Å². The van der Waals surface area contributed by atoms with Crippen LogP contribution in [0.3, 0.4) is 0 Å². The minimum Gasteiger partial charge on any atom is -0.508 e. The molecule has 3 N–H and O–H groups in total. The Hall–Kier alpha value is -2.04. The number of nitrogens with one attached hydrogen (secondary N) is 1. The Balaban J connectivity index is 2.09. The number of phenols is 1. The Morgan fingerprint density at radius 1 is 1.42 bits per heavy atom. The number of carboxylic acids is 1. The molecular formula is C14H17NO4. The van der Waals surface area contributed by atoms with Gasteiger partial charge in [0, 0.05) is 11.1 Å². The van der Waals surface area contributed by atoms with Gasteiger partial charge >= 0.3 is 5.97 Å². The number of carbonyl (C=O) groups is 2. The minimum atomic E-state index is -1.02. The molecule has 1 aliphatic carbocycles. The third-order valence-corrected chi connectivity index (χ3v) is 3.42. The van der Waals surface area contributed by atoms with Crippen molar-refractivity contribution in [2.45, 2.75) is 32.2 Å². The summed E-state index contributed by atoms with van der Waals surface area (Å²) in [7, 11) is 0. The fourth-order valence-electron chi connectivity index (χ4n) is 2.01. The fourth-order valence-corrected chi connectivity index (χ4v) is 2.01. The molecule has 0 aromatic heterocycles. The number of phenolic OH excluding ortho intramolecular Hbond substituents is 1. The Morgan fingerprint density at radius 2 is 2.11 bits per heavy atom. The molecule has 0 radical (unpaired) electrons. The van der Waals surface area contributed by atoms with Gasteiger partial charge in [-0.25, -0.2) is 4.79 Å². The maximum Gasteiger partial charge on any atom is 0.326 e. The molecule has 1 aliphatic rings. The van der Waals surface area contributed by atoms with Crippen molar-refractivity contribution in [3.05, 3.63) is 29.3 Å². The maximum atomic E-state index is 12.0. The molecule has 2 rings (SSSR count). The molecule has 1 atom stereocenters. The van der Waals surface area contributed by atoms with Crippen LogP contribution in [0.4, 0.5) is 0 Å². The van der Waals surface area contributed by atoms with Crippen LogP contribution in [-0.4, -0.2) is 28.1 Å². The first kappa shape index (κ1) is 13.4. The zero-order valence-electron chi connectivity index (χ0n) is 10.7. The van der Waals surface area contributed by atoms with E-state index >= 15 is 0 Å². The van der Waals surface area contributed by atoms with Crippen molar-refractivity contribution in [1.29, 1.82) is 0 Å². The van der Waals surface area contributed by atoms with E-state index in [2.05, 4.69) is 5.32 Å². The van der Waals surface area contributed by atoms with Gasteiger partial charge in [-0.15, -0.1) is 0 Å². The van der Waals surface area contributed by atoms with Crippen LogP contribution in [0.5, 0.6) is 5.75 Å². The average molecular weight is 263 g/mol. The number of carbonyl (C=O) groups excluding carboxylic acids is 1. The third kappa shape index (κ3) is 3.24. The fraction of sp³-hybridized carbons (Fsp3) is 0.429. The zero-order chi connectivity index (χ0) is 14.0. The van der Waals surface area contributed by atoms with E-state index in [9.17, 15) is 14.7 Å². The molecule has 0 heterocycles. The van der Waals surface area contributed by atoms with Crippen LogP contribution in [0.2, 0.25) is 0 Å². The van der Waals surface area contributed by atoms with Gasteiger partial charge in [-0.2, -0.15) is 0 Å². The average Bonchev–Trinajstić information content (AvgIpc) is 3.15. The summed E-state index contributed by atoms with van der Waals surface area (Å²) in [6, 6.07) is 3.76. The van der Waals surface area contributed by atoms with E-state index in [-0.39, 0.29) is 5.75 Å². The molecule has 0 unspecified atom stereocenters. The molecule has 102 valence electrons. The summed E-state index contributed by atoms with van der Waals surface area (Å²) in [5.41, 5.74) is 0.762. The number of carboxylic acid groups (broad SMARTS) is 1. The molecule has 0 bridgehead atoms. The number of hydrogen-bond donors (Lipinski definition) is 3. The van der Waals surface area contributed by atoms with Crippen molar-refractivity contribution in [1.82, 2.24) is 5.32 Å². The quantitative estimate of drug-likeness (QED) is 0.754. The Labute approximate surface area is 111 Å². The highest BCUT2D eigenvalue weighted by atomic mass is 16.4. The highest BCUT2D eigenvalue weighted by molar-refractivity contribution is 5.98. The van der Waals surface area contributed by atoms with Crippen molar-refractivity contribution in [3.63, 3.8) is 0 Å². The number of rotatable bonds is 5. The Morgan fingerprint density at radius 3 is 2.68 bits per heavy atom. The largest absolute Gasteiger partial charge is 0.508 e. The zero-order valence-corrected chi connectivity index (χ0v) is 10.7. The third-order valence-electron chi connectivity index (χ3n) is 3.42. The van der Waals surface area contributed by atoms with Crippen molar-refractivity contribution in [2.24, 2.45) is 5.92 Å². The predicted molar refractivity (Wildman–Crippen MR) is 69.1 cm³/mol. The van der Waals surface area contributed by atoms with E-state index in [1.165, 1.54) is 6.07 Å². The first-order chi connectivity index (χ1) is 8.99. The summed E-state index contributed by atoms with van der Waals surface area (Å²) in [5, 5.41) is 21.2. The van der Waals surface area contributed by atoms with Crippen molar-refractivity contribution in [3.8, 4) is 5.75 Å². The minimum absolute atomic E-state index is 0.0294. The molecule has 1 saturated carbocycles. The number of hydrogen-bond acceptors (Lipinski definition) is 3. The lowest BCUT2D eigenvalue weighted by Crippen LogP contribution is -2.41. The van der Waals surface area contributed by atoms with Crippen LogP contribution in [0, 0.1) is 12.8 Å². The van der Waals surface area contributed by atoms with Gasteiger partial charge in [0.05, 0.1) is 0 Å². The molecule has 1 fully saturated rings. The summed E-state index contributed by atoms with van der Waals surface area (Å²) >= 11 is 0. The summed E-state index contributed by atoms with van der Waals surface area (Å²) in [4.78, 5) is 23.2. The summed E-state index contributed by atoms with van der Waals surface area (Å²) in [6.45, 7) is 1.63. The molecule has 0 spiro atoms. The maximum absolute atomic E-state index is 12.0. The van der Waals surface area contributed by atoms with Gasteiger partial charge in [-0.1, -0.05) is 18.9 Å². The lowest BCUT2D eigenvalue weighted by atomic mass is 10.1. The van der Waals surface area contributed by atoms with Gasteiger partial charge in [0.15, 0.2) is 0 Å². The van der Waals surface area contributed by atoms with E-state index in [4.69, 9.17) is 5.11 Å². The van der Waals surface area contributed by atoms with Crippen LogP contribution in [-0.2, 0) is 4.79 Å². The van der Waals surface area contributed by atoms with Gasteiger partial charge < -0.3 is 15.5 Å². The predicted octanol–water partition coefficient (Wildman–Crippen LogP) is 1.68. The van der Waals surface area contributed by atoms with E-state index < -0.39 is 17.9 Å². The monoisotopic (exact) mass is 263 g/mol. The molecule has 5 heteroatoms. The molecule has 19 heavy (non-hydrogen) atoms. The van der Waals surface area contributed by atoms with Gasteiger partial charge in [0.1, 0.15) is 11.8 Å². The van der Waals surface area contributed by atoms with E-state index in [1.807, 2.05) is 0 Å².